The summed E-state index contributed by atoms with van der Waals surface area (Å²) in [6.45, 7) is 0.667. The number of hydrogen-bond donors (Lipinski definition) is 1. The average Bonchev–Trinajstić information content (AvgIpc) is 2.81. The molecule has 0 fully saturated rings. The van der Waals surface area contributed by atoms with Gasteiger partial charge in [0.05, 0.1) is 24.9 Å². The van der Waals surface area contributed by atoms with Gasteiger partial charge in [0.2, 0.25) is 0 Å². The lowest BCUT2D eigenvalue weighted by atomic mass is 10.1. The summed E-state index contributed by atoms with van der Waals surface area (Å²) in [5.41, 5.74) is 1.63. The first kappa shape index (κ1) is 20.3. The Balaban J connectivity index is 1.46. The van der Waals surface area contributed by atoms with Gasteiger partial charge in [-0.05, 0) is 36.4 Å². The maximum absolute atomic E-state index is 12.6. The lowest BCUT2D eigenvalue weighted by Gasteiger charge is -2.29. The van der Waals surface area contributed by atoms with E-state index >= 15 is 0 Å². The molecule has 0 spiro atoms. The van der Waals surface area contributed by atoms with Gasteiger partial charge in [0, 0.05) is 11.8 Å². The van der Waals surface area contributed by atoms with E-state index in [0.717, 1.165) is 5.75 Å². The summed E-state index contributed by atoms with van der Waals surface area (Å²) in [4.78, 5) is 26.7. The molecule has 1 aliphatic rings. The second-order valence-electron chi connectivity index (χ2n) is 6.83. The Hall–Kier alpha value is -4.00. The van der Waals surface area contributed by atoms with Crippen molar-refractivity contribution in [3.05, 3.63) is 78.4 Å². The van der Waals surface area contributed by atoms with E-state index in [1.165, 1.54) is 7.11 Å². The van der Waals surface area contributed by atoms with Gasteiger partial charge in [-0.2, -0.15) is 0 Å². The summed E-state index contributed by atoms with van der Waals surface area (Å²) in [5.74, 6) is 1.33. The zero-order chi connectivity index (χ0) is 21.6. The van der Waals surface area contributed by atoms with Crippen LogP contribution >= 0.6 is 0 Å². The third-order valence-electron chi connectivity index (χ3n) is 4.84. The minimum absolute atomic E-state index is 0.0672. The number of para-hydroxylation sites is 2. The summed E-state index contributed by atoms with van der Waals surface area (Å²) in [6, 6.07) is 21.6. The smallest absolute Gasteiger partial charge is 0.265 e. The molecule has 0 unspecified atom stereocenters. The monoisotopic (exact) mass is 418 g/mol. The fourth-order valence-electron chi connectivity index (χ4n) is 3.33. The van der Waals surface area contributed by atoms with Crippen molar-refractivity contribution in [3.63, 3.8) is 0 Å². The van der Waals surface area contributed by atoms with E-state index in [2.05, 4.69) is 5.32 Å². The molecule has 2 amide bonds. The van der Waals surface area contributed by atoms with E-state index in [4.69, 9.17) is 14.2 Å². The molecule has 31 heavy (non-hydrogen) atoms. The predicted octanol–water partition coefficient (Wildman–Crippen LogP) is 3.75. The highest BCUT2D eigenvalue weighted by atomic mass is 16.5. The zero-order valence-electron chi connectivity index (χ0n) is 17.0. The summed E-state index contributed by atoms with van der Waals surface area (Å²) in [6.07, 6.45) is 0. The lowest BCUT2D eigenvalue weighted by Crippen LogP contribution is -2.41. The van der Waals surface area contributed by atoms with Gasteiger partial charge in [-0.25, -0.2) is 0 Å². The van der Waals surface area contributed by atoms with Gasteiger partial charge in [0.25, 0.3) is 11.8 Å². The number of carbonyl (C=O) groups is 2. The molecule has 3 aromatic carbocycles. The minimum atomic E-state index is -0.294. The fourth-order valence-corrected chi connectivity index (χ4v) is 3.33. The summed E-state index contributed by atoms with van der Waals surface area (Å²) >= 11 is 0. The van der Waals surface area contributed by atoms with Crippen LogP contribution in [0.25, 0.3) is 0 Å². The van der Waals surface area contributed by atoms with Crippen LogP contribution in [-0.2, 0) is 4.79 Å². The first-order valence-electron chi connectivity index (χ1n) is 9.85. The zero-order valence-corrected chi connectivity index (χ0v) is 17.0. The van der Waals surface area contributed by atoms with Gasteiger partial charge in [-0.15, -0.1) is 0 Å². The van der Waals surface area contributed by atoms with Crippen molar-refractivity contribution in [3.8, 4) is 17.2 Å². The Bertz CT molecular complexity index is 1080. The van der Waals surface area contributed by atoms with E-state index < -0.39 is 0 Å². The van der Waals surface area contributed by atoms with Crippen molar-refractivity contribution in [2.75, 3.05) is 37.1 Å². The topological polar surface area (TPSA) is 77.1 Å². The van der Waals surface area contributed by atoms with E-state index in [1.807, 2.05) is 30.3 Å². The number of methoxy groups -OCH3 is 1. The summed E-state index contributed by atoms with van der Waals surface area (Å²) in [5, 5.41) is 2.85. The van der Waals surface area contributed by atoms with E-state index in [9.17, 15) is 9.59 Å². The maximum atomic E-state index is 12.6. The van der Waals surface area contributed by atoms with Crippen LogP contribution < -0.4 is 24.4 Å². The quantitative estimate of drug-likeness (QED) is 0.632. The molecule has 4 rings (SSSR count). The number of anilines is 2. The van der Waals surface area contributed by atoms with Crippen LogP contribution in [0.3, 0.4) is 0 Å². The fraction of sp³-hybridized carbons (Fsp3) is 0.167. The average molecular weight is 418 g/mol. The first-order valence-corrected chi connectivity index (χ1v) is 9.85. The Labute approximate surface area is 180 Å². The molecule has 158 valence electrons. The highest BCUT2D eigenvalue weighted by Crippen LogP contribution is 2.34. The predicted molar refractivity (Wildman–Crippen MR) is 117 cm³/mol. The Morgan fingerprint density at radius 2 is 1.84 bits per heavy atom. The largest absolute Gasteiger partial charge is 0.496 e. The molecule has 1 heterocycles. The van der Waals surface area contributed by atoms with Crippen LogP contribution in [0.2, 0.25) is 0 Å². The SMILES string of the molecule is COc1ccccc1C(=O)Nc1ccc2c(c1)OCC(=O)N2CCOc1ccccc1. The molecule has 7 nitrogen and oxygen atoms in total. The second-order valence-corrected chi connectivity index (χ2v) is 6.83. The van der Waals surface area contributed by atoms with Gasteiger partial charge in [0.15, 0.2) is 6.61 Å². The number of hydrogen-bond acceptors (Lipinski definition) is 5. The number of nitrogens with zero attached hydrogens (tertiary/aromatic N) is 1. The van der Waals surface area contributed by atoms with E-state index in [-0.39, 0.29) is 18.4 Å². The van der Waals surface area contributed by atoms with Crippen LogP contribution in [0.15, 0.2) is 72.8 Å². The molecule has 0 aliphatic carbocycles. The molecule has 0 aromatic heterocycles. The number of carbonyl (C=O) groups excluding carboxylic acids is 2. The Morgan fingerprint density at radius 1 is 1.06 bits per heavy atom. The Morgan fingerprint density at radius 3 is 2.65 bits per heavy atom. The maximum Gasteiger partial charge on any atom is 0.265 e. The van der Waals surface area contributed by atoms with Crippen molar-refractivity contribution in [2.45, 2.75) is 0 Å². The van der Waals surface area contributed by atoms with E-state index in [0.29, 0.717) is 41.6 Å². The molecular weight excluding hydrogens is 396 g/mol. The van der Waals surface area contributed by atoms with Crippen LogP contribution in [0.1, 0.15) is 10.4 Å². The van der Waals surface area contributed by atoms with Gasteiger partial charge in [-0.1, -0.05) is 30.3 Å². The standard InChI is InChI=1S/C24H22N2O5/c1-29-21-10-6-5-9-19(21)24(28)25-17-11-12-20-22(15-17)31-16-23(27)26(20)13-14-30-18-7-3-2-4-8-18/h2-12,15H,13-14,16H2,1H3,(H,25,28). The number of rotatable bonds is 7. The van der Waals surface area contributed by atoms with Crippen LogP contribution in [0.4, 0.5) is 11.4 Å². The molecule has 0 saturated carbocycles. The normalized spacial score (nSPS) is 12.5. The Kier molecular flexibility index (Phi) is 6.03. The molecule has 0 atom stereocenters. The van der Waals surface area contributed by atoms with Crippen LogP contribution in [0.5, 0.6) is 17.2 Å². The highest BCUT2D eigenvalue weighted by Gasteiger charge is 2.26. The summed E-state index contributed by atoms with van der Waals surface area (Å²) < 4.78 is 16.6. The molecule has 3 aromatic rings. The molecule has 0 radical (unpaired) electrons. The third-order valence-corrected chi connectivity index (χ3v) is 4.84. The molecule has 0 bridgehead atoms. The van der Waals surface area contributed by atoms with Gasteiger partial charge >= 0.3 is 0 Å². The van der Waals surface area contributed by atoms with E-state index in [1.54, 1.807) is 47.4 Å². The number of ether oxygens (including phenoxy) is 3. The van der Waals surface area contributed by atoms with Gasteiger partial charge in [0.1, 0.15) is 23.9 Å². The van der Waals surface area contributed by atoms with Crippen molar-refractivity contribution in [2.24, 2.45) is 0 Å². The van der Waals surface area contributed by atoms with Crippen LogP contribution in [0, 0.1) is 0 Å². The van der Waals surface area contributed by atoms with Gasteiger partial charge in [-0.3, -0.25) is 9.59 Å². The molecule has 1 aliphatic heterocycles. The van der Waals surface area contributed by atoms with Crippen molar-refractivity contribution in [1.29, 1.82) is 0 Å². The molecule has 1 N–H and O–H groups in total. The molecule has 7 heteroatoms. The number of benzene rings is 3. The second kappa shape index (κ2) is 9.21. The lowest BCUT2D eigenvalue weighted by molar-refractivity contribution is -0.121. The molecule has 0 saturated heterocycles. The minimum Gasteiger partial charge on any atom is -0.496 e. The molecular formula is C24H22N2O5. The van der Waals surface area contributed by atoms with Crippen molar-refractivity contribution in [1.82, 2.24) is 0 Å². The number of fused-ring (bicyclic) bond motifs is 1. The summed E-state index contributed by atoms with van der Waals surface area (Å²) in [7, 11) is 1.52. The van der Waals surface area contributed by atoms with Crippen molar-refractivity contribution < 1.29 is 23.8 Å². The first-order chi connectivity index (χ1) is 15.2. The highest BCUT2D eigenvalue weighted by molar-refractivity contribution is 6.06. The number of nitrogens with one attached hydrogen (secondary N) is 1. The van der Waals surface area contributed by atoms with Gasteiger partial charge < -0.3 is 24.4 Å². The third kappa shape index (κ3) is 4.61. The number of amides is 2. The van der Waals surface area contributed by atoms with Crippen LogP contribution in [-0.4, -0.2) is 38.7 Å². The van der Waals surface area contributed by atoms with Crippen molar-refractivity contribution >= 4 is 23.2 Å².